The normalized spacial score (nSPS) is 23.9. The Bertz CT molecular complexity index is 584. The molecule has 2 fully saturated rings. The number of hydrogen-bond donors (Lipinski definition) is 1. The molecule has 3 nitrogen and oxygen atoms in total. The summed E-state index contributed by atoms with van der Waals surface area (Å²) in [6, 6.07) is 0.346. The monoisotopic (exact) mass is 337 g/mol. The Morgan fingerprint density at radius 1 is 1.23 bits per heavy atom. The smallest absolute Gasteiger partial charge is 0.287 e. The first kappa shape index (κ1) is 15.0. The number of carbonyl (C=O) groups excluding carboxylic acids is 1. The predicted octanol–water partition coefficient (Wildman–Crippen LogP) is 4.23. The molecule has 1 saturated carbocycles. The van der Waals surface area contributed by atoms with Crippen LogP contribution in [-0.2, 0) is 10.5 Å². The van der Waals surface area contributed by atoms with Crippen molar-refractivity contribution in [3.05, 3.63) is 22.6 Å². The minimum absolute atomic E-state index is 0.00180. The van der Waals surface area contributed by atoms with E-state index in [4.69, 9.17) is 4.42 Å². The third kappa shape index (κ3) is 2.41. The van der Waals surface area contributed by atoms with Crippen molar-refractivity contribution in [1.82, 2.24) is 5.32 Å². The third-order valence-corrected chi connectivity index (χ3v) is 8.69. The number of rotatable bonds is 2. The molecular formula is C17H23NO2S2. The van der Waals surface area contributed by atoms with Gasteiger partial charge in [-0.2, -0.15) is 0 Å². The number of fused-ring (bicyclic) bond motifs is 2. The zero-order valence-corrected chi connectivity index (χ0v) is 14.7. The summed E-state index contributed by atoms with van der Waals surface area (Å²) in [6.07, 6.45) is 8.05. The van der Waals surface area contributed by atoms with E-state index < -0.39 is 0 Å². The molecule has 0 bridgehead atoms. The van der Waals surface area contributed by atoms with Crippen LogP contribution in [0.25, 0.3) is 0 Å². The topological polar surface area (TPSA) is 42.2 Å². The Hall–Kier alpha value is -0.550. The first-order valence-electron chi connectivity index (χ1n) is 8.41. The Kier molecular flexibility index (Phi) is 3.97. The summed E-state index contributed by atoms with van der Waals surface area (Å²) in [6.45, 7) is 2.08. The summed E-state index contributed by atoms with van der Waals surface area (Å²) in [4.78, 5) is 12.6. The Balaban J connectivity index is 1.64. The fourth-order valence-corrected chi connectivity index (χ4v) is 7.69. The lowest BCUT2D eigenvalue weighted by atomic mass is 9.94. The van der Waals surface area contributed by atoms with Crippen LogP contribution in [0.5, 0.6) is 0 Å². The first-order valence-corrected chi connectivity index (χ1v) is 10.4. The van der Waals surface area contributed by atoms with Crippen LogP contribution >= 0.6 is 23.5 Å². The maximum atomic E-state index is 12.6. The molecule has 2 heterocycles. The van der Waals surface area contributed by atoms with Gasteiger partial charge in [-0.05, 0) is 32.6 Å². The SMILES string of the molecule is Cc1c(C(=O)NC2CCCC2)oc2c1C1(CCC2)SCCS1. The molecule has 1 saturated heterocycles. The van der Waals surface area contributed by atoms with Crippen molar-refractivity contribution in [2.45, 2.75) is 62.0 Å². The molecule has 0 atom stereocenters. The zero-order valence-electron chi connectivity index (χ0n) is 13.1. The second kappa shape index (κ2) is 5.82. The van der Waals surface area contributed by atoms with Crippen molar-refractivity contribution in [2.75, 3.05) is 11.5 Å². The molecule has 0 unspecified atom stereocenters. The van der Waals surface area contributed by atoms with E-state index in [0.717, 1.165) is 30.6 Å². The number of aryl methyl sites for hydroxylation is 1. The van der Waals surface area contributed by atoms with E-state index in [0.29, 0.717) is 11.8 Å². The van der Waals surface area contributed by atoms with Crippen molar-refractivity contribution in [3.8, 4) is 0 Å². The molecule has 1 aromatic heterocycles. The largest absolute Gasteiger partial charge is 0.455 e. The minimum atomic E-state index is 0.00180. The molecule has 1 spiro atoms. The number of furan rings is 1. The summed E-state index contributed by atoms with van der Waals surface area (Å²) in [5, 5.41) is 3.18. The number of amides is 1. The summed E-state index contributed by atoms with van der Waals surface area (Å²) in [5.74, 6) is 4.06. The number of thioether (sulfide) groups is 2. The van der Waals surface area contributed by atoms with Gasteiger partial charge in [0, 0.05) is 35.1 Å². The van der Waals surface area contributed by atoms with Crippen LogP contribution in [0.3, 0.4) is 0 Å². The fourth-order valence-electron chi connectivity index (χ4n) is 4.14. The zero-order chi connectivity index (χ0) is 15.2. The van der Waals surface area contributed by atoms with Crippen molar-refractivity contribution in [3.63, 3.8) is 0 Å². The van der Waals surface area contributed by atoms with Gasteiger partial charge in [-0.15, -0.1) is 23.5 Å². The molecule has 0 aromatic carbocycles. The van der Waals surface area contributed by atoms with Gasteiger partial charge in [0.05, 0.1) is 4.08 Å². The molecule has 3 aliphatic rings. The van der Waals surface area contributed by atoms with Crippen LogP contribution in [0.4, 0.5) is 0 Å². The van der Waals surface area contributed by atoms with E-state index in [-0.39, 0.29) is 9.99 Å². The first-order chi connectivity index (χ1) is 10.7. The molecular weight excluding hydrogens is 314 g/mol. The average molecular weight is 338 g/mol. The van der Waals surface area contributed by atoms with Gasteiger partial charge in [0.25, 0.3) is 5.91 Å². The van der Waals surface area contributed by atoms with E-state index in [1.807, 2.05) is 0 Å². The van der Waals surface area contributed by atoms with E-state index in [1.165, 1.54) is 42.8 Å². The van der Waals surface area contributed by atoms with Gasteiger partial charge in [-0.25, -0.2) is 0 Å². The van der Waals surface area contributed by atoms with Crippen LogP contribution in [0, 0.1) is 6.92 Å². The van der Waals surface area contributed by atoms with E-state index in [9.17, 15) is 4.79 Å². The van der Waals surface area contributed by atoms with Crippen LogP contribution in [0.15, 0.2) is 4.42 Å². The van der Waals surface area contributed by atoms with Crippen LogP contribution < -0.4 is 5.32 Å². The molecule has 1 amide bonds. The third-order valence-electron chi connectivity index (χ3n) is 5.16. The number of hydrogen-bond acceptors (Lipinski definition) is 4. The Morgan fingerprint density at radius 2 is 1.95 bits per heavy atom. The molecule has 1 N–H and O–H groups in total. The van der Waals surface area contributed by atoms with Crippen molar-refractivity contribution < 1.29 is 9.21 Å². The van der Waals surface area contributed by atoms with Gasteiger partial charge >= 0.3 is 0 Å². The average Bonchev–Trinajstić information content (AvgIpc) is 3.21. The van der Waals surface area contributed by atoms with Gasteiger partial charge in [-0.1, -0.05) is 12.8 Å². The van der Waals surface area contributed by atoms with Gasteiger partial charge < -0.3 is 9.73 Å². The van der Waals surface area contributed by atoms with Gasteiger partial charge in [0.2, 0.25) is 0 Å². The van der Waals surface area contributed by atoms with Crippen LogP contribution in [0.2, 0.25) is 0 Å². The highest BCUT2D eigenvalue weighted by atomic mass is 32.2. The molecule has 2 aliphatic carbocycles. The summed E-state index contributed by atoms with van der Waals surface area (Å²) >= 11 is 4.10. The Labute approximate surface area is 140 Å². The van der Waals surface area contributed by atoms with E-state index in [1.54, 1.807) is 0 Å². The molecule has 4 rings (SSSR count). The fraction of sp³-hybridized carbons (Fsp3) is 0.706. The molecule has 22 heavy (non-hydrogen) atoms. The van der Waals surface area contributed by atoms with Gasteiger partial charge in [0.15, 0.2) is 5.76 Å². The standard InChI is InChI=1S/C17H23NO2S2/c1-11-14-13(7-4-8-17(14)21-9-10-22-17)20-15(11)16(19)18-12-5-2-3-6-12/h12H,2-10H2,1H3,(H,18,19). The lowest BCUT2D eigenvalue weighted by Crippen LogP contribution is -2.32. The second-order valence-corrected chi connectivity index (χ2v) is 9.66. The van der Waals surface area contributed by atoms with Gasteiger partial charge in [0.1, 0.15) is 5.76 Å². The minimum Gasteiger partial charge on any atom is -0.455 e. The molecule has 1 aliphatic heterocycles. The predicted molar refractivity (Wildman–Crippen MR) is 92.7 cm³/mol. The molecule has 1 aromatic rings. The highest BCUT2D eigenvalue weighted by Crippen LogP contribution is 2.59. The van der Waals surface area contributed by atoms with Crippen LogP contribution in [-0.4, -0.2) is 23.5 Å². The van der Waals surface area contributed by atoms with E-state index in [2.05, 4.69) is 35.8 Å². The Morgan fingerprint density at radius 3 is 2.68 bits per heavy atom. The van der Waals surface area contributed by atoms with E-state index >= 15 is 0 Å². The van der Waals surface area contributed by atoms with Crippen molar-refractivity contribution in [1.29, 1.82) is 0 Å². The van der Waals surface area contributed by atoms with Crippen molar-refractivity contribution >= 4 is 29.4 Å². The highest BCUT2D eigenvalue weighted by Gasteiger charge is 2.45. The lowest BCUT2D eigenvalue weighted by molar-refractivity contribution is 0.0907. The van der Waals surface area contributed by atoms with Crippen molar-refractivity contribution in [2.24, 2.45) is 0 Å². The maximum absolute atomic E-state index is 12.6. The summed E-state index contributed by atoms with van der Waals surface area (Å²) in [5.41, 5.74) is 2.43. The molecule has 120 valence electrons. The summed E-state index contributed by atoms with van der Waals surface area (Å²) < 4.78 is 6.22. The molecule has 0 radical (unpaired) electrons. The number of nitrogens with one attached hydrogen (secondary N) is 1. The highest BCUT2D eigenvalue weighted by molar-refractivity contribution is 8.20. The number of carbonyl (C=O) groups is 1. The van der Waals surface area contributed by atoms with Crippen LogP contribution in [0.1, 0.15) is 66.0 Å². The maximum Gasteiger partial charge on any atom is 0.287 e. The summed E-state index contributed by atoms with van der Waals surface area (Å²) in [7, 11) is 0. The molecule has 5 heteroatoms. The second-order valence-electron chi connectivity index (χ2n) is 6.61. The quantitative estimate of drug-likeness (QED) is 0.877. The van der Waals surface area contributed by atoms with Gasteiger partial charge in [-0.3, -0.25) is 4.79 Å². The lowest BCUT2D eigenvalue weighted by Gasteiger charge is -2.31.